The van der Waals surface area contributed by atoms with Crippen molar-refractivity contribution >= 4 is 35.3 Å². The summed E-state index contributed by atoms with van der Waals surface area (Å²) in [5.74, 6) is -1.18. The van der Waals surface area contributed by atoms with Crippen LogP contribution in [0.15, 0.2) is 18.2 Å². The van der Waals surface area contributed by atoms with E-state index in [1.54, 1.807) is 0 Å². The van der Waals surface area contributed by atoms with Gasteiger partial charge in [-0.3, -0.25) is 14.3 Å². The van der Waals surface area contributed by atoms with E-state index in [2.05, 4.69) is 20.5 Å². The maximum atomic E-state index is 13.4. The molecule has 0 radical (unpaired) electrons. The predicted molar refractivity (Wildman–Crippen MR) is 119 cm³/mol. The van der Waals surface area contributed by atoms with E-state index in [0.717, 1.165) is 11.1 Å². The minimum Gasteiger partial charge on any atom is -0.440 e. The van der Waals surface area contributed by atoms with Gasteiger partial charge in [0.1, 0.15) is 17.6 Å². The highest BCUT2D eigenvalue weighted by molar-refractivity contribution is 6.31. The summed E-state index contributed by atoms with van der Waals surface area (Å²) in [5.41, 5.74) is 1.59. The standard InChI is InChI=1S/C21H21ClF4N6O5/c1-30-18(33)17-13-9-31(19(34)28-11-2-3-15(23)14(22)6-11)5-4-16(13)29-32(17)8-12(37-30)7-27-20(35)36-10-21(24,25)26/h2-3,6,12H,4-5,7-10H2,1H3,(H,27,35)(H,28,34). The summed E-state index contributed by atoms with van der Waals surface area (Å²) in [7, 11) is 1.35. The highest BCUT2D eigenvalue weighted by Crippen LogP contribution is 2.27. The zero-order valence-corrected chi connectivity index (χ0v) is 20.0. The molecule has 1 aromatic carbocycles. The molecular formula is C21H21ClF4N6O5. The molecule has 2 aromatic rings. The summed E-state index contributed by atoms with van der Waals surface area (Å²) < 4.78 is 55.6. The molecule has 0 aliphatic carbocycles. The molecule has 4 rings (SSSR count). The second kappa shape index (κ2) is 10.4. The van der Waals surface area contributed by atoms with E-state index < -0.39 is 42.7 Å². The number of carbonyl (C=O) groups excluding carboxylic acids is 3. The molecule has 2 aliphatic heterocycles. The molecule has 0 fully saturated rings. The van der Waals surface area contributed by atoms with Gasteiger partial charge in [-0.2, -0.15) is 18.3 Å². The first-order valence-electron chi connectivity index (χ1n) is 10.9. The van der Waals surface area contributed by atoms with Crippen molar-refractivity contribution in [2.45, 2.75) is 31.8 Å². The van der Waals surface area contributed by atoms with Gasteiger partial charge in [-0.1, -0.05) is 11.6 Å². The third-order valence-corrected chi connectivity index (χ3v) is 5.86. The van der Waals surface area contributed by atoms with Gasteiger partial charge in [0, 0.05) is 31.3 Å². The number of carbonyl (C=O) groups is 3. The Morgan fingerprint density at radius 2 is 2.08 bits per heavy atom. The van der Waals surface area contributed by atoms with Crippen LogP contribution in [0.1, 0.15) is 21.7 Å². The zero-order chi connectivity index (χ0) is 26.9. The lowest BCUT2D eigenvalue weighted by molar-refractivity contribution is -0.161. The summed E-state index contributed by atoms with van der Waals surface area (Å²) in [6, 6.07) is 3.28. The number of hydroxylamine groups is 2. The Bertz CT molecular complexity index is 1220. The highest BCUT2D eigenvalue weighted by Gasteiger charge is 2.36. The van der Waals surface area contributed by atoms with E-state index in [1.807, 2.05) is 0 Å². The molecule has 1 unspecified atom stereocenters. The third-order valence-electron chi connectivity index (χ3n) is 5.57. The molecule has 0 spiro atoms. The Balaban J connectivity index is 1.44. The second-order valence-electron chi connectivity index (χ2n) is 8.29. The molecular weight excluding hydrogens is 528 g/mol. The molecule has 16 heteroatoms. The largest absolute Gasteiger partial charge is 0.440 e. The van der Waals surface area contributed by atoms with Gasteiger partial charge in [0.15, 0.2) is 6.61 Å². The number of fused-ring (bicyclic) bond motifs is 3. The van der Waals surface area contributed by atoms with Crippen molar-refractivity contribution in [1.82, 2.24) is 25.1 Å². The fourth-order valence-electron chi connectivity index (χ4n) is 3.89. The van der Waals surface area contributed by atoms with Crippen molar-refractivity contribution in [3.05, 3.63) is 46.0 Å². The van der Waals surface area contributed by atoms with Crippen LogP contribution in [0.4, 0.5) is 32.8 Å². The number of nitrogens with zero attached hydrogens (tertiary/aromatic N) is 4. The van der Waals surface area contributed by atoms with Gasteiger partial charge < -0.3 is 20.3 Å². The number of halogens is 5. The van der Waals surface area contributed by atoms with Gasteiger partial charge in [0.2, 0.25) is 0 Å². The average molecular weight is 549 g/mol. The molecule has 1 aromatic heterocycles. The van der Waals surface area contributed by atoms with Crippen LogP contribution in [0.5, 0.6) is 0 Å². The van der Waals surface area contributed by atoms with Crippen LogP contribution in [0.3, 0.4) is 0 Å². The molecule has 0 saturated heterocycles. The van der Waals surface area contributed by atoms with Gasteiger partial charge in [-0.05, 0) is 18.2 Å². The van der Waals surface area contributed by atoms with Crippen molar-refractivity contribution in [2.75, 3.05) is 32.1 Å². The molecule has 1 atom stereocenters. The lowest BCUT2D eigenvalue weighted by Crippen LogP contribution is -2.40. The normalized spacial score (nSPS) is 17.6. The average Bonchev–Trinajstić information content (AvgIpc) is 3.13. The number of aromatic nitrogens is 2. The summed E-state index contributed by atoms with van der Waals surface area (Å²) in [6.07, 6.45) is -6.46. The Morgan fingerprint density at radius 1 is 1.32 bits per heavy atom. The van der Waals surface area contributed by atoms with Crippen LogP contribution in [-0.2, 0) is 29.1 Å². The monoisotopic (exact) mass is 548 g/mol. The van der Waals surface area contributed by atoms with Gasteiger partial charge >= 0.3 is 18.3 Å². The first kappa shape index (κ1) is 26.5. The molecule has 3 heterocycles. The molecule has 200 valence electrons. The van der Waals surface area contributed by atoms with Crippen LogP contribution < -0.4 is 10.6 Å². The Morgan fingerprint density at radius 3 is 2.78 bits per heavy atom. The first-order chi connectivity index (χ1) is 17.4. The molecule has 4 amide bonds. The van der Waals surface area contributed by atoms with Crippen LogP contribution in [0.25, 0.3) is 0 Å². The zero-order valence-electron chi connectivity index (χ0n) is 19.3. The van der Waals surface area contributed by atoms with Gasteiger partial charge in [0.25, 0.3) is 5.91 Å². The van der Waals surface area contributed by atoms with Gasteiger partial charge in [0.05, 0.1) is 30.4 Å². The predicted octanol–water partition coefficient (Wildman–Crippen LogP) is 2.94. The van der Waals surface area contributed by atoms with E-state index in [0.29, 0.717) is 29.9 Å². The minimum absolute atomic E-state index is 0.00175. The number of nitrogens with one attached hydrogen (secondary N) is 2. The summed E-state index contributed by atoms with van der Waals surface area (Å²) in [6.45, 7) is -1.65. The lowest BCUT2D eigenvalue weighted by Gasteiger charge is -2.27. The van der Waals surface area contributed by atoms with Gasteiger partial charge in [-0.25, -0.2) is 19.0 Å². The fraction of sp³-hybridized carbons (Fsp3) is 0.429. The summed E-state index contributed by atoms with van der Waals surface area (Å²) in [5, 5.41) is 10.1. The number of amides is 4. The number of urea groups is 1. The number of benzene rings is 1. The van der Waals surface area contributed by atoms with Crippen molar-refractivity contribution in [2.24, 2.45) is 0 Å². The topological polar surface area (TPSA) is 118 Å². The number of hydrogen-bond donors (Lipinski definition) is 2. The van der Waals surface area contributed by atoms with E-state index in [-0.39, 0.29) is 30.4 Å². The molecule has 37 heavy (non-hydrogen) atoms. The summed E-state index contributed by atoms with van der Waals surface area (Å²) >= 11 is 5.76. The van der Waals surface area contributed by atoms with Crippen molar-refractivity contribution in [1.29, 1.82) is 0 Å². The van der Waals surface area contributed by atoms with Crippen LogP contribution >= 0.6 is 11.6 Å². The Hall–Kier alpha value is -3.59. The number of alkyl carbamates (subject to hydrolysis) is 1. The van der Waals surface area contributed by atoms with E-state index >= 15 is 0 Å². The van der Waals surface area contributed by atoms with E-state index in [9.17, 15) is 31.9 Å². The fourth-order valence-corrected chi connectivity index (χ4v) is 4.07. The molecule has 0 saturated carbocycles. The molecule has 2 aliphatic rings. The molecule has 2 N–H and O–H groups in total. The maximum absolute atomic E-state index is 13.4. The number of hydrogen-bond acceptors (Lipinski definition) is 6. The van der Waals surface area contributed by atoms with Crippen LogP contribution in [0.2, 0.25) is 5.02 Å². The minimum atomic E-state index is -4.66. The summed E-state index contributed by atoms with van der Waals surface area (Å²) in [4.78, 5) is 44.4. The number of anilines is 1. The number of alkyl halides is 3. The highest BCUT2D eigenvalue weighted by atomic mass is 35.5. The lowest BCUT2D eigenvalue weighted by atomic mass is 10.1. The third kappa shape index (κ3) is 6.22. The Labute approximate surface area is 212 Å². The van der Waals surface area contributed by atoms with Crippen molar-refractivity contribution in [3.63, 3.8) is 0 Å². The number of rotatable bonds is 4. The quantitative estimate of drug-likeness (QED) is 0.567. The van der Waals surface area contributed by atoms with E-state index in [1.165, 1.54) is 28.8 Å². The van der Waals surface area contributed by atoms with Crippen molar-refractivity contribution in [3.8, 4) is 0 Å². The molecule has 0 bridgehead atoms. The Kier molecular flexibility index (Phi) is 7.45. The first-order valence-corrected chi connectivity index (χ1v) is 11.3. The maximum Gasteiger partial charge on any atom is 0.422 e. The SMILES string of the molecule is CN1OC(CNC(=O)OCC(F)(F)F)Cn2nc3c(c2C1=O)CN(C(=O)Nc1ccc(F)c(Cl)c1)CC3. The second-order valence-corrected chi connectivity index (χ2v) is 8.70. The number of ether oxygens (including phenoxy) is 1. The van der Waals surface area contributed by atoms with Crippen LogP contribution in [0, 0.1) is 5.82 Å². The van der Waals surface area contributed by atoms with Crippen molar-refractivity contribution < 1.29 is 41.5 Å². The van der Waals surface area contributed by atoms with Gasteiger partial charge in [-0.15, -0.1) is 0 Å². The van der Waals surface area contributed by atoms with Crippen LogP contribution in [-0.4, -0.2) is 76.8 Å². The van der Waals surface area contributed by atoms with E-state index in [4.69, 9.17) is 16.4 Å². The molecule has 11 nitrogen and oxygen atoms in total. The smallest absolute Gasteiger partial charge is 0.422 e.